The van der Waals surface area contributed by atoms with E-state index in [1.165, 1.54) is 11.1 Å². The van der Waals surface area contributed by atoms with Crippen molar-refractivity contribution in [2.45, 2.75) is 58.1 Å². The van der Waals surface area contributed by atoms with Crippen LogP contribution in [-0.2, 0) is 4.74 Å². The van der Waals surface area contributed by atoms with E-state index in [-0.39, 0.29) is 5.60 Å². The van der Waals surface area contributed by atoms with Gasteiger partial charge < -0.3 is 14.3 Å². The van der Waals surface area contributed by atoms with Gasteiger partial charge in [-0.25, -0.2) is 0 Å². The third kappa shape index (κ3) is 2.55. The number of hydrogen-bond acceptors (Lipinski definition) is 2. The molecule has 2 aromatic rings. The number of hydrogen-bond donors (Lipinski definition) is 1. The van der Waals surface area contributed by atoms with Crippen molar-refractivity contribution >= 4 is 23.3 Å². The fourth-order valence-electron chi connectivity index (χ4n) is 3.56. The highest BCUT2D eigenvalue weighted by Crippen LogP contribution is 2.38. The van der Waals surface area contributed by atoms with Crippen LogP contribution >= 0.6 is 12.2 Å². The summed E-state index contributed by atoms with van der Waals surface area (Å²) in [5.74, 6) is 0. The fourth-order valence-corrected chi connectivity index (χ4v) is 3.92. The van der Waals surface area contributed by atoms with E-state index >= 15 is 0 Å². The third-order valence-corrected chi connectivity index (χ3v) is 5.29. The van der Waals surface area contributed by atoms with E-state index in [2.05, 4.69) is 48.5 Å². The summed E-state index contributed by atoms with van der Waals surface area (Å²) in [4.78, 5) is 3.35. The SMILES string of the molecule is CCC1(CC)CC(n2c(=S)[nH]c3ccc(C)cc32)CCO1. The summed E-state index contributed by atoms with van der Waals surface area (Å²) in [7, 11) is 0. The number of rotatable bonds is 3. The third-order valence-electron chi connectivity index (χ3n) is 4.99. The monoisotopic (exact) mass is 304 g/mol. The Morgan fingerprint density at radius 3 is 2.86 bits per heavy atom. The van der Waals surface area contributed by atoms with Gasteiger partial charge in [0.2, 0.25) is 0 Å². The van der Waals surface area contributed by atoms with Crippen LogP contribution in [0, 0.1) is 11.7 Å². The number of nitrogens with zero attached hydrogens (tertiary/aromatic N) is 1. The van der Waals surface area contributed by atoms with Gasteiger partial charge in [-0.15, -0.1) is 0 Å². The Morgan fingerprint density at radius 2 is 2.14 bits per heavy atom. The van der Waals surface area contributed by atoms with E-state index in [1.807, 2.05) is 0 Å². The molecule has 1 aliphatic heterocycles. The first-order valence-electron chi connectivity index (χ1n) is 7.93. The topological polar surface area (TPSA) is 29.9 Å². The lowest BCUT2D eigenvalue weighted by Gasteiger charge is -2.40. The molecule has 1 unspecified atom stereocenters. The lowest BCUT2D eigenvalue weighted by Crippen LogP contribution is -2.39. The van der Waals surface area contributed by atoms with Crippen LogP contribution < -0.4 is 0 Å². The average molecular weight is 304 g/mol. The molecule has 3 rings (SSSR count). The van der Waals surface area contributed by atoms with Gasteiger partial charge in [0.05, 0.1) is 16.6 Å². The molecule has 1 aromatic carbocycles. The fraction of sp³-hybridized carbons (Fsp3) is 0.588. The van der Waals surface area contributed by atoms with Gasteiger partial charge in [-0.1, -0.05) is 19.9 Å². The molecular weight excluding hydrogens is 280 g/mol. The Balaban J connectivity index is 2.05. The molecule has 21 heavy (non-hydrogen) atoms. The van der Waals surface area contributed by atoms with Crippen LogP contribution in [0.3, 0.4) is 0 Å². The molecule has 0 amide bonds. The van der Waals surface area contributed by atoms with Crippen LogP contribution in [0.4, 0.5) is 0 Å². The zero-order valence-electron chi connectivity index (χ0n) is 13.1. The molecule has 0 radical (unpaired) electrons. The van der Waals surface area contributed by atoms with Crippen LogP contribution in [0.25, 0.3) is 11.0 Å². The summed E-state index contributed by atoms with van der Waals surface area (Å²) in [5, 5.41) is 0. The van der Waals surface area contributed by atoms with E-state index in [1.54, 1.807) is 0 Å². The minimum atomic E-state index is 0.0190. The second-order valence-corrected chi connectivity index (χ2v) is 6.59. The first-order valence-corrected chi connectivity index (χ1v) is 8.34. The largest absolute Gasteiger partial charge is 0.375 e. The number of imidazole rings is 1. The normalized spacial score (nSPS) is 21.8. The average Bonchev–Trinajstić information content (AvgIpc) is 2.82. The first kappa shape index (κ1) is 14.8. The predicted molar refractivity (Wildman–Crippen MR) is 89.4 cm³/mol. The van der Waals surface area contributed by atoms with Crippen LogP contribution in [0.2, 0.25) is 0 Å². The molecule has 3 nitrogen and oxygen atoms in total. The lowest BCUT2D eigenvalue weighted by molar-refractivity contribution is -0.0983. The summed E-state index contributed by atoms with van der Waals surface area (Å²) in [5.41, 5.74) is 3.66. The molecule has 0 spiro atoms. The van der Waals surface area contributed by atoms with Crippen molar-refractivity contribution in [3.63, 3.8) is 0 Å². The standard InChI is InChI=1S/C17H24N2OS/c1-4-17(5-2)11-13(8-9-20-17)19-15-10-12(3)6-7-14(15)18-16(19)21/h6-7,10,13H,4-5,8-9,11H2,1-3H3,(H,18,21). The Morgan fingerprint density at radius 1 is 1.38 bits per heavy atom. The van der Waals surface area contributed by atoms with Crippen molar-refractivity contribution in [1.82, 2.24) is 9.55 Å². The first-order chi connectivity index (χ1) is 10.1. The van der Waals surface area contributed by atoms with Gasteiger partial charge in [0, 0.05) is 12.6 Å². The zero-order chi connectivity index (χ0) is 15.0. The molecule has 4 heteroatoms. The second kappa shape index (κ2) is 5.58. The molecule has 2 heterocycles. The van der Waals surface area contributed by atoms with Crippen molar-refractivity contribution in [1.29, 1.82) is 0 Å². The van der Waals surface area contributed by atoms with Crippen molar-refractivity contribution < 1.29 is 4.74 Å². The molecule has 1 atom stereocenters. The smallest absolute Gasteiger partial charge is 0.178 e. The number of aromatic nitrogens is 2. The molecule has 1 aliphatic rings. The Labute approximate surface area is 131 Å². The zero-order valence-corrected chi connectivity index (χ0v) is 13.9. The highest BCUT2D eigenvalue weighted by atomic mass is 32.1. The molecule has 114 valence electrons. The number of H-pyrrole nitrogens is 1. The molecular formula is C17H24N2OS. The van der Waals surface area contributed by atoms with E-state index in [4.69, 9.17) is 17.0 Å². The van der Waals surface area contributed by atoms with E-state index < -0.39 is 0 Å². The Hall–Kier alpha value is -1.13. The van der Waals surface area contributed by atoms with Gasteiger partial charge in [-0.05, 0) is 62.5 Å². The Kier molecular flexibility index (Phi) is 3.93. The number of fused-ring (bicyclic) bond motifs is 1. The molecule has 0 saturated carbocycles. The number of nitrogens with one attached hydrogen (secondary N) is 1. The van der Waals surface area contributed by atoms with E-state index in [0.717, 1.165) is 42.6 Å². The molecule has 1 N–H and O–H groups in total. The van der Waals surface area contributed by atoms with Crippen molar-refractivity contribution in [2.75, 3.05) is 6.61 Å². The summed E-state index contributed by atoms with van der Waals surface area (Å²) >= 11 is 5.59. The van der Waals surface area contributed by atoms with Crippen LogP contribution in [0.15, 0.2) is 18.2 Å². The summed E-state index contributed by atoms with van der Waals surface area (Å²) in [6, 6.07) is 6.92. The molecule has 0 bridgehead atoms. The maximum absolute atomic E-state index is 6.11. The minimum Gasteiger partial charge on any atom is -0.375 e. The van der Waals surface area contributed by atoms with E-state index in [9.17, 15) is 0 Å². The van der Waals surface area contributed by atoms with Crippen molar-refractivity contribution in [3.05, 3.63) is 28.5 Å². The number of aryl methyl sites for hydroxylation is 1. The predicted octanol–water partition coefficient (Wildman–Crippen LogP) is 4.92. The molecule has 1 fully saturated rings. The number of benzene rings is 1. The second-order valence-electron chi connectivity index (χ2n) is 6.21. The molecule has 0 aliphatic carbocycles. The van der Waals surface area contributed by atoms with Crippen LogP contribution in [0.5, 0.6) is 0 Å². The van der Waals surface area contributed by atoms with Crippen LogP contribution in [-0.4, -0.2) is 21.8 Å². The summed E-state index contributed by atoms with van der Waals surface area (Å²) in [6.07, 6.45) is 4.22. The highest BCUT2D eigenvalue weighted by Gasteiger charge is 2.35. The minimum absolute atomic E-state index is 0.0190. The maximum Gasteiger partial charge on any atom is 0.178 e. The molecule has 1 saturated heterocycles. The van der Waals surface area contributed by atoms with Gasteiger partial charge in [0.15, 0.2) is 4.77 Å². The van der Waals surface area contributed by atoms with Gasteiger partial charge in [0.25, 0.3) is 0 Å². The quantitative estimate of drug-likeness (QED) is 0.816. The van der Waals surface area contributed by atoms with Crippen LogP contribution in [0.1, 0.15) is 51.1 Å². The van der Waals surface area contributed by atoms with Crippen molar-refractivity contribution in [3.8, 4) is 0 Å². The number of aromatic amines is 1. The van der Waals surface area contributed by atoms with Gasteiger partial charge in [0.1, 0.15) is 0 Å². The summed E-state index contributed by atoms with van der Waals surface area (Å²) < 4.78 is 9.27. The van der Waals surface area contributed by atoms with Gasteiger partial charge in [-0.3, -0.25) is 0 Å². The van der Waals surface area contributed by atoms with Gasteiger partial charge in [-0.2, -0.15) is 0 Å². The van der Waals surface area contributed by atoms with Crippen molar-refractivity contribution in [2.24, 2.45) is 0 Å². The Bertz CT molecular complexity index is 696. The maximum atomic E-state index is 6.11. The summed E-state index contributed by atoms with van der Waals surface area (Å²) in [6.45, 7) is 7.41. The highest BCUT2D eigenvalue weighted by molar-refractivity contribution is 7.71. The number of ether oxygens (including phenoxy) is 1. The van der Waals surface area contributed by atoms with E-state index in [0.29, 0.717) is 6.04 Å². The van der Waals surface area contributed by atoms with Gasteiger partial charge >= 0.3 is 0 Å². The molecule has 1 aromatic heterocycles. The lowest BCUT2D eigenvalue weighted by atomic mass is 9.86.